The fourth-order valence-corrected chi connectivity index (χ4v) is 3.12. The van der Waals surface area contributed by atoms with Crippen LogP contribution in [0.5, 0.6) is 0 Å². The predicted octanol–water partition coefficient (Wildman–Crippen LogP) is 3.33. The van der Waals surface area contributed by atoms with E-state index in [4.69, 9.17) is 10.5 Å². The van der Waals surface area contributed by atoms with Crippen LogP contribution in [0, 0.1) is 11.7 Å². The Morgan fingerprint density at radius 3 is 2.71 bits per heavy atom. The van der Waals surface area contributed by atoms with E-state index in [0.717, 1.165) is 18.0 Å². The number of halogens is 2. The van der Waals surface area contributed by atoms with Crippen LogP contribution in [0.4, 0.5) is 4.39 Å². The number of benzene rings is 1. The van der Waals surface area contributed by atoms with Crippen molar-refractivity contribution in [2.24, 2.45) is 11.7 Å². The highest BCUT2D eigenvalue weighted by molar-refractivity contribution is 9.10. The Morgan fingerprint density at radius 1 is 1.48 bits per heavy atom. The summed E-state index contributed by atoms with van der Waals surface area (Å²) >= 11 is 3.20. The van der Waals surface area contributed by atoms with Gasteiger partial charge in [0.25, 0.3) is 0 Å². The van der Waals surface area contributed by atoms with Crippen molar-refractivity contribution in [2.75, 3.05) is 26.8 Å². The number of nitrogens with two attached hydrogens (primary N) is 1. The van der Waals surface area contributed by atoms with E-state index < -0.39 is 0 Å². The number of nitrogens with zero attached hydrogens (tertiary/aromatic N) is 1. The van der Waals surface area contributed by atoms with Crippen molar-refractivity contribution in [1.29, 1.82) is 0 Å². The van der Waals surface area contributed by atoms with Crippen molar-refractivity contribution in [2.45, 2.75) is 31.8 Å². The monoisotopic (exact) mass is 358 g/mol. The van der Waals surface area contributed by atoms with Gasteiger partial charge in [-0.2, -0.15) is 0 Å². The maximum atomic E-state index is 13.8. The molecule has 2 N–H and O–H groups in total. The number of rotatable bonds is 8. The molecule has 0 heterocycles. The predicted molar refractivity (Wildman–Crippen MR) is 86.7 cm³/mol. The van der Waals surface area contributed by atoms with Crippen molar-refractivity contribution in [3.63, 3.8) is 0 Å². The highest BCUT2D eigenvalue weighted by Crippen LogP contribution is 2.38. The van der Waals surface area contributed by atoms with E-state index in [-0.39, 0.29) is 11.9 Å². The minimum absolute atomic E-state index is 0.0262. The molecule has 2 atom stereocenters. The van der Waals surface area contributed by atoms with E-state index in [1.807, 2.05) is 6.07 Å². The molecule has 1 aliphatic carbocycles. The molecule has 5 heteroatoms. The van der Waals surface area contributed by atoms with Gasteiger partial charge < -0.3 is 10.5 Å². The van der Waals surface area contributed by atoms with Crippen LogP contribution in [-0.4, -0.2) is 37.7 Å². The SMILES string of the molecule is COCCN(C(CN)c1ccc(Br)c(F)c1)C(C)C1CC1. The Morgan fingerprint density at radius 2 is 2.19 bits per heavy atom. The van der Waals surface area contributed by atoms with Crippen molar-refractivity contribution in [1.82, 2.24) is 4.90 Å². The number of hydrogen-bond donors (Lipinski definition) is 1. The second kappa shape index (κ2) is 7.68. The minimum Gasteiger partial charge on any atom is -0.383 e. The Kier molecular flexibility index (Phi) is 6.17. The summed E-state index contributed by atoms with van der Waals surface area (Å²) < 4.78 is 19.6. The first-order chi connectivity index (χ1) is 10.1. The molecule has 0 radical (unpaired) electrons. The molecule has 0 aliphatic heterocycles. The Hall–Kier alpha value is -0.490. The van der Waals surface area contributed by atoms with Gasteiger partial charge in [0, 0.05) is 32.3 Å². The van der Waals surface area contributed by atoms with Crippen molar-refractivity contribution in [3.8, 4) is 0 Å². The largest absolute Gasteiger partial charge is 0.383 e. The number of methoxy groups -OCH3 is 1. The summed E-state index contributed by atoms with van der Waals surface area (Å²) in [4.78, 5) is 2.36. The molecule has 1 aliphatic rings. The topological polar surface area (TPSA) is 38.5 Å². The molecule has 1 saturated carbocycles. The Labute approximate surface area is 134 Å². The highest BCUT2D eigenvalue weighted by atomic mass is 79.9. The number of ether oxygens (including phenoxy) is 1. The first kappa shape index (κ1) is 16.9. The van der Waals surface area contributed by atoms with Gasteiger partial charge in [-0.05, 0) is 59.3 Å². The average molecular weight is 359 g/mol. The molecule has 0 aromatic heterocycles. The van der Waals surface area contributed by atoms with Gasteiger partial charge in [0.1, 0.15) is 5.82 Å². The van der Waals surface area contributed by atoms with Crippen LogP contribution in [0.2, 0.25) is 0 Å². The first-order valence-corrected chi connectivity index (χ1v) is 8.27. The smallest absolute Gasteiger partial charge is 0.137 e. The van der Waals surface area contributed by atoms with Gasteiger partial charge in [-0.1, -0.05) is 6.07 Å². The Balaban J connectivity index is 2.22. The van der Waals surface area contributed by atoms with Gasteiger partial charge in [-0.3, -0.25) is 4.90 Å². The van der Waals surface area contributed by atoms with Crippen LogP contribution < -0.4 is 5.73 Å². The lowest BCUT2D eigenvalue weighted by atomic mass is 10.0. The fraction of sp³-hybridized carbons (Fsp3) is 0.625. The quantitative estimate of drug-likeness (QED) is 0.774. The zero-order valence-corrected chi connectivity index (χ0v) is 14.3. The first-order valence-electron chi connectivity index (χ1n) is 7.48. The highest BCUT2D eigenvalue weighted by Gasteiger charge is 2.35. The van der Waals surface area contributed by atoms with Crippen LogP contribution in [0.15, 0.2) is 22.7 Å². The molecule has 21 heavy (non-hydrogen) atoms. The minimum atomic E-state index is -0.239. The van der Waals surface area contributed by atoms with Crippen LogP contribution in [-0.2, 0) is 4.74 Å². The Bertz CT molecular complexity index is 468. The van der Waals surface area contributed by atoms with E-state index in [9.17, 15) is 4.39 Å². The third-order valence-corrected chi connectivity index (χ3v) is 4.98. The zero-order valence-electron chi connectivity index (χ0n) is 12.7. The van der Waals surface area contributed by atoms with Crippen molar-refractivity contribution >= 4 is 15.9 Å². The molecule has 2 unspecified atom stereocenters. The van der Waals surface area contributed by atoms with E-state index in [1.165, 1.54) is 12.8 Å². The molecule has 1 aromatic rings. The number of hydrogen-bond acceptors (Lipinski definition) is 3. The molecule has 0 amide bonds. The van der Waals surface area contributed by atoms with Gasteiger partial charge in [0.15, 0.2) is 0 Å². The fourth-order valence-electron chi connectivity index (χ4n) is 2.87. The lowest BCUT2D eigenvalue weighted by molar-refractivity contribution is 0.0833. The van der Waals surface area contributed by atoms with E-state index in [0.29, 0.717) is 23.7 Å². The molecule has 0 bridgehead atoms. The molecule has 0 spiro atoms. The van der Waals surface area contributed by atoms with Gasteiger partial charge in [-0.25, -0.2) is 4.39 Å². The maximum absolute atomic E-state index is 13.8. The molecular weight excluding hydrogens is 335 g/mol. The summed E-state index contributed by atoms with van der Waals surface area (Å²) in [6.45, 7) is 4.19. The molecule has 1 fully saturated rings. The summed E-state index contributed by atoms with van der Waals surface area (Å²) in [7, 11) is 1.71. The van der Waals surface area contributed by atoms with Crippen molar-refractivity contribution in [3.05, 3.63) is 34.1 Å². The van der Waals surface area contributed by atoms with E-state index >= 15 is 0 Å². The summed E-state index contributed by atoms with van der Waals surface area (Å²) in [6.07, 6.45) is 2.55. The van der Waals surface area contributed by atoms with E-state index in [1.54, 1.807) is 19.2 Å². The van der Waals surface area contributed by atoms with Gasteiger partial charge in [-0.15, -0.1) is 0 Å². The summed E-state index contributed by atoms with van der Waals surface area (Å²) in [5.41, 5.74) is 6.94. The van der Waals surface area contributed by atoms with Crippen molar-refractivity contribution < 1.29 is 9.13 Å². The summed E-state index contributed by atoms with van der Waals surface area (Å²) in [5, 5.41) is 0. The van der Waals surface area contributed by atoms with Crippen LogP contribution in [0.25, 0.3) is 0 Å². The standard InChI is InChI=1S/C16H24BrFN2O/c1-11(12-3-4-12)20(7-8-21-2)16(10-19)13-5-6-14(17)15(18)9-13/h5-6,9,11-12,16H,3-4,7-8,10,19H2,1-2H3. The van der Waals surface area contributed by atoms with Gasteiger partial charge in [0.05, 0.1) is 11.1 Å². The third kappa shape index (κ3) is 4.25. The molecule has 1 aromatic carbocycles. The summed E-state index contributed by atoms with van der Waals surface area (Å²) in [6, 6.07) is 5.76. The average Bonchev–Trinajstić information content (AvgIpc) is 3.30. The maximum Gasteiger partial charge on any atom is 0.137 e. The zero-order chi connectivity index (χ0) is 15.4. The lowest BCUT2D eigenvalue weighted by Crippen LogP contribution is -2.43. The molecule has 0 saturated heterocycles. The third-order valence-electron chi connectivity index (χ3n) is 4.33. The van der Waals surface area contributed by atoms with Gasteiger partial charge >= 0.3 is 0 Å². The second-order valence-corrected chi connectivity index (χ2v) is 6.59. The van der Waals surface area contributed by atoms with E-state index in [2.05, 4.69) is 27.8 Å². The molecule has 2 rings (SSSR count). The molecule has 3 nitrogen and oxygen atoms in total. The molecular formula is C16H24BrFN2O. The van der Waals surface area contributed by atoms with Crippen LogP contribution in [0.3, 0.4) is 0 Å². The van der Waals surface area contributed by atoms with Crippen LogP contribution in [0.1, 0.15) is 31.4 Å². The normalized spacial score (nSPS) is 18.0. The lowest BCUT2D eigenvalue weighted by Gasteiger charge is -2.36. The molecule has 118 valence electrons. The van der Waals surface area contributed by atoms with Gasteiger partial charge in [0.2, 0.25) is 0 Å². The second-order valence-electron chi connectivity index (χ2n) is 5.73. The summed E-state index contributed by atoms with van der Waals surface area (Å²) in [5.74, 6) is 0.493. The van der Waals surface area contributed by atoms with Crippen LogP contribution >= 0.6 is 15.9 Å².